The minimum atomic E-state index is 0.186. The molecule has 1 aromatic heterocycles. The minimum Gasteiger partial charge on any atom is -0.486 e. The number of benzene rings is 1. The number of hydrogen-bond acceptors (Lipinski definition) is 4. The molecule has 0 saturated carbocycles. The molecule has 1 heterocycles. The minimum absolute atomic E-state index is 0.186. The van der Waals surface area contributed by atoms with Gasteiger partial charge in [-0.05, 0) is 43.0 Å². The zero-order valence-corrected chi connectivity index (χ0v) is 11.3. The van der Waals surface area contributed by atoms with Gasteiger partial charge in [-0.3, -0.25) is 0 Å². The van der Waals surface area contributed by atoms with Crippen LogP contribution in [0.2, 0.25) is 0 Å². The van der Waals surface area contributed by atoms with Gasteiger partial charge >= 0.3 is 0 Å². The third-order valence-corrected chi connectivity index (χ3v) is 3.79. The third kappa shape index (κ3) is 2.21. The van der Waals surface area contributed by atoms with Crippen LogP contribution in [0.4, 0.5) is 0 Å². The fraction of sp³-hybridized carbons (Fsp3) is 0.429. The summed E-state index contributed by atoms with van der Waals surface area (Å²) < 4.78 is 7.72. The first-order chi connectivity index (χ1) is 9.15. The quantitative estimate of drug-likeness (QED) is 0.909. The molecule has 0 fully saturated rings. The molecule has 1 unspecified atom stereocenters. The lowest BCUT2D eigenvalue weighted by molar-refractivity contribution is 0.290. The topological polar surface area (TPSA) is 66.0 Å². The smallest absolute Gasteiger partial charge is 0.170 e. The summed E-state index contributed by atoms with van der Waals surface area (Å²) in [6.07, 6.45) is 2.07. The molecule has 0 spiro atoms. The second kappa shape index (κ2) is 4.66. The molecule has 1 atom stereocenters. The van der Waals surface area contributed by atoms with E-state index >= 15 is 0 Å². The molecule has 1 aliphatic rings. The average molecular weight is 258 g/mol. The Labute approximate surface area is 112 Å². The highest BCUT2D eigenvalue weighted by molar-refractivity contribution is 5.40. The number of nitrogens with two attached hydrogens (primary N) is 1. The van der Waals surface area contributed by atoms with Gasteiger partial charge in [0.05, 0.1) is 0 Å². The second-order valence-electron chi connectivity index (χ2n) is 5.02. The monoisotopic (exact) mass is 258 g/mol. The lowest BCUT2D eigenvalue weighted by atomic mass is 10.1. The molecular weight excluding hydrogens is 240 g/mol. The van der Waals surface area contributed by atoms with Crippen molar-refractivity contribution in [1.29, 1.82) is 0 Å². The lowest BCUT2D eigenvalue weighted by Crippen LogP contribution is -2.06. The maximum absolute atomic E-state index is 6.02. The first-order valence-electron chi connectivity index (χ1n) is 6.51. The van der Waals surface area contributed by atoms with Crippen molar-refractivity contribution >= 4 is 0 Å². The summed E-state index contributed by atoms with van der Waals surface area (Å²) in [4.78, 5) is 0. The van der Waals surface area contributed by atoms with Gasteiger partial charge in [0.2, 0.25) is 0 Å². The van der Waals surface area contributed by atoms with Gasteiger partial charge in [-0.25, -0.2) is 0 Å². The van der Waals surface area contributed by atoms with Gasteiger partial charge in [-0.2, -0.15) is 0 Å². The zero-order valence-electron chi connectivity index (χ0n) is 11.3. The largest absolute Gasteiger partial charge is 0.486 e. The molecule has 1 aliphatic carbocycles. The number of fused-ring (bicyclic) bond motifs is 1. The number of ether oxygens (including phenoxy) is 1. The standard InChI is InChI=1S/C14H18N4O/c1-9-16-17-14(18(9)2)8-19-11-4-5-12-10(7-11)3-6-13(12)15/h4-5,7,13H,3,6,8,15H2,1-2H3. The second-order valence-corrected chi connectivity index (χ2v) is 5.02. The summed E-state index contributed by atoms with van der Waals surface area (Å²) in [5.74, 6) is 2.58. The summed E-state index contributed by atoms with van der Waals surface area (Å²) in [6, 6.07) is 6.33. The van der Waals surface area contributed by atoms with E-state index in [1.54, 1.807) is 0 Å². The third-order valence-electron chi connectivity index (χ3n) is 3.79. The van der Waals surface area contributed by atoms with Crippen LogP contribution in [-0.2, 0) is 20.1 Å². The van der Waals surface area contributed by atoms with Crippen molar-refractivity contribution in [1.82, 2.24) is 14.8 Å². The Balaban J connectivity index is 1.73. The van der Waals surface area contributed by atoms with Gasteiger partial charge in [0, 0.05) is 13.1 Å². The Morgan fingerprint density at radius 1 is 1.42 bits per heavy atom. The van der Waals surface area contributed by atoms with Gasteiger partial charge in [-0.1, -0.05) is 6.07 Å². The molecule has 0 amide bonds. The van der Waals surface area contributed by atoms with Crippen LogP contribution in [0.3, 0.4) is 0 Å². The molecule has 5 heteroatoms. The van der Waals surface area contributed by atoms with Crippen LogP contribution in [0.5, 0.6) is 5.75 Å². The van der Waals surface area contributed by atoms with Crippen molar-refractivity contribution in [2.75, 3.05) is 0 Å². The molecule has 19 heavy (non-hydrogen) atoms. The molecule has 0 radical (unpaired) electrons. The SMILES string of the molecule is Cc1nnc(COc2ccc3c(c2)CCC3N)n1C. The Kier molecular flexibility index (Phi) is 2.98. The number of rotatable bonds is 3. The Morgan fingerprint density at radius 3 is 3.00 bits per heavy atom. The predicted octanol–water partition coefficient (Wildman–Crippen LogP) is 1.65. The number of aromatic nitrogens is 3. The van der Waals surface area contributed by atoms with Crippen molar-refractivity contribution in [3.05, 3.63) is 41.0 Å². The van der Waals surface area contributed by atoms with E-state index in [1.165, 1.54) is 11.1 Å². The predicted molar refractivity (Wildman–Crippen MR) is 71.8 cm³/mol. The average Bonchev–Trinajstić information content (AvgIpc) is 2.93. The van der Waals surface area contributed by atoms with Crippen molar-refractivity contribution in [3.63, 3.8) is 0 Å². The Morgan fingerprint density at radius 2 is 2.26 bits per heavy atom. The molecule has 3 rings (SSSR count). The lowest BCUT2D eigenvalue weighted by Gasteiger charge is -2.09. The van der Waals surface area contributed by atoms with E-state index in [1.807, 2.05) is 24.6 Å². The van der Waals surface area contributed by atoms with Gasteiger partial charge < -0.3 is 15.0 Å². The summed E-state index contributed by atoms with van der Waals surface area (Å²) in [5, 5.41) is 8.10. The van der Waals surface area contributed by atoms with Crippen molar-refractivity contribution in [2.45, 2.75) is 32.4 Å². The van der Waals surface area contributed by atoms with E-state index in [0.29, 0.717) is 6.61 Å². The van der Waals surface area contributed by atoms with Gasteiger partial charge in [0.15, 0.2) is 5.82 Å². The zero-order chi connectivity index (χ0) is 13.4. The fourth-order valence-electron chi connectivity index (χ4n) is 2.44. The van der Waals surface area contributed by atoms with Crippen LogP contribution in [0, 0.1) is 6.92 Å². The maximum atomic E-state index is 6.02. The molecular formula is C14H18N4O. The van der Waals surface area contributed by atoms with E-state index in [0.717, 1.165) is 30.2 Å². The molecule has 100 valence electrons. The molecule has 2 N–H and O–H groups in total. The molecule has 0 saturated heterocycles. The van der Waals surface area contributed by atoms with E-state index in [4.69, 9.17) is 10.5 Å². The molecule has 0 bridgehead atoms. The van der Waals surface area contributed by atoms with Crippen molar-refractivity contribution < 1.29 is 4.74 Å². The van der Waals surface area contributed by atoms with E-state index in [-0.39, 0.29) is 6.04 Å². The van der Waals surface area contributed by atoms with E-state index in [2.05, 4.69) is 22.3 Å². The first kappa shape index (κ1) is 12.2. The summed E-state index contributed by atoms with van der Waals surface area (Å²) >= 11 is 0. The molecule has 1 aromatic carbocycles. The van der Waals surface area contributed by atoms with Crippen LogP contribution in [0.15, 0.2) is 18.2 Å². The molecule has 0 aliphatic heterocycles. The molecule has 5 nitrogen and oxygen atoms in total. The Hall–Kier alpha value is -1.88. The van der Waals surface area contributed by atoms with E-state index < -0.39 is 0 Å². The summed E-state index contributed by atoms with van der Waals surface area (Å²) in [5.41, 5.74) is 8.58. The first-order valence-corrected chi connectivity index (χ1v) is 6.51. The highest BCUT2D eigenvalue weighted by atomic mass is 16.5. The van der Waals surface area contributed by atoms with Crippen LogP contribution in [0.1, 0.15) is 35.2 Å². The number of aryl methyl sites for hydroxylation is 2. The van der Waals surface area contributed by atoms with Crippen molar-refractivity contribution in [3.8, 4) is 5.75 Å². The van der Waals surface area contributed by atoms with Crippen molar-refractivity contribution in [2.24, 2.45) is 12.8 Å². The van der Waals surface area contributed by atoms with E-state index in [9.17, 15) is 0 Å². The van der Waals surface area contributed by atoms with Crippen LogP contribution in [-0.4, -0.2) is 14.8 Å². The normalized spacial score (nSPS) is 17.5. The van der Waals surface area contributed by atoms with Gasteiger partial charge in [-0.15, -0.1) is 10.2 Å². The summed E-state index contributed by atoms with van der Waals surface area (Å²) in [6.45, 7) is 2.36. The number of hydrogen-bond donors (Lipinski definition) is 1. The van der Waals surface area contributed by atoms with Crippen LogP contribution in [0.25, 0.3) is 0 Å². The van der Waals surface area contributed by atoms with Gasteiger partial charge in [0.25, 0.3) is 0 Å². The molecule has 2 aromatic rings. The Bertz CT molecular complexity index is 605. The van der Waals surface area contributed by atoms with Crippen LogP contribution >= 0.6 is 0 Å². The highest BCUT2D eigenvalue weighted by Crippen LogP contribution is 2.31. The summed E-state index contributed by atoms with van der Waals surface area (Å²) in [7, 11) is 1.94. The van der Waals surface area contributed by atoms with Crippen LogP contribution < -0.4 is 10.5 Å². The fourth-order valence-corrected chi connectivity index (χ4v) is 2.44. The highest BCUT2D eigenvalue weighted by Gasteiger charge is 2.19. The van der Waals surface area contributed by atoms with Gasteiger partial charge in [0.1, 0.15) is 18.2 Å². The maximum Gasteiger partial charge on any atom is 0.170 e. The number of nitrogens with zero attached hydrogens (tertiary/aromatic N) is 3.